The topological polar surface area (TPSA) is 93.3 Å². The molecule has 2 aromatic heterocycles. The van der Waals surface area contributed by atoms with Gasteiger partial charge in [-0.2, -0.15) is 0 Å². The highest BCUT2D eigenvalue weighted by Crippen LogP contribution is 2.31. The average Bonchev–Trinajstić information content (AvgIpc) is 2.93. The van der Waals surface area contributed by atoms with Crippen molar-refractivity contribution in [3.63, 3.8) is 0 Å². The van der Waals surface area contributed by atoms with Gasteiger partial charge in [0.05, 0.1) is 18.4 Å². The molecule has 18 heavy (non-hydrogen) atoms. The zero-order valence-electron chi connectivity index (χ0n) is 9.22. The van der Waals surface area contributed by atoms with Gasteiger partial charge in [-0.3, -0.25) is 4.57 Å². The van der Waals surface area contributed by atoms with Crippen molar-refractivity contribution < 1.29 is 14.9 Å². The fraction of sp³-hybridized carbons (Fsp3) is 0.500. The fourth-order valence-electron chi connectivity index (χ4n) is 2.06. The first kappa shape index (κ1) is 11.8. The molecule has 3 rings (SSSR count). The van der Waals surface area contributed by atoms with E-state index in [1.165, 1.54) is 12.7 Å². The summed E-state index contributed by atoms with van der Waals surface area (Å²) >= 11 is 5.67. The van der Waals surface area contributed by atoms with E-state index < -0.39 is 24.5 Å². The average molecular weight is 271 g/mol. The van der Waals surface area contributed by atoms with Gasteiger partial charge in [0, 0.05) is 0 Å². The maximum atomic E-state index is 9.96. The molecule has 3 heterocycles. The Bertz CT molecular complexity index is 563. The van der Waals surface area contributed by atoms with E-state index in [2.05, 4.69) is 15.0 Å². The predicted octanol–water partition coefficient (Wildman–Crippen LogP) is -0.316. The second-order valence-corrected chi connectivity index (χ2v) is 4.39. The minimum absolute atomic E-state index is 0.107. The molecule has 1 saturated heterocycles. The summed E-state index contributed by atoms with van der Waals surface area (Å²) in [6, 6.07) is 0. The molecule has 0 aromatic carbocycles. The van der Waals surface area contributed by atoms with Gasteiger partial charge in [-0.15, -0.1) is 11.6 Å². The Morgan fingerprint density at radius 1 is 1.33 bits per heavy atom. The van der Waals surface area contributed by atoms with E-state index in [1.807, 2.05) is 0 Å². The van der Waals surface area contributed by atoms with Gasteiger partial charge in [0.15, 0.2) is 11.9 Å². The third-order valence-corrected chi connectivity index (χ3v) is 3.31. The number of aliphatic hydroxyl groups is 2. The number of hydrogen-bond acceptors (Lipinski definition) is 6. The minimum Gasteiger partial charge on any atom is -0.387 e. The summed E-state index contributed by atoms with van der Waals surface area (Å²) in [6.07, 6.45) is 1.01. The Morgan fingerprint density at radius 3 is 2.89 bits per heavy atom. The molecule has 8 heteroatoms. The number of alkyl halides is 1. The lowest BCUT2D eigenvalue weighted by Crippen LogP contribution is -2.32. The lowest BCUT2D eigenvalue weighted by atomic mass is 10.1. The molecule has 4 atom stereocenters. The fourth-order valence-corrected chi connectivity index (χ4v) is 2.31. The van der Waals surface area contributed by atoms with Crippen LogP contribution in [0.2, 0.25) is 0 Å². The molecule has 0 unspecified atom stereocenters. The van der Waals surface area contributed by atoms with Crippen LogP contribution in [-0.4, -0.2) is 53.9 Å². The molecular formula is C10H11ClN4O3. The molecular weight excluding hydrogens is 260 g/mol. The lowest BCUT2D eigenvalue weighted by molar-refractivity contribution is -0.0291. The molecule has 1 aliphatic rings. The van der Waals surface area contributed by atoms with Gasteiger partial charge in [0.2, 0.25) is 0 Å². The monoisotopic (exact) mass is 270 g/mol. The molecule has 0 saturated carbocycles. The van der Waals surface area contributed by atoms with Crippen molar-refractivity contribution in [1.82, 2.24) is 19.5 Å². The molecule has 96 valence electrons. The second kappa shape index (κ2) is 4.43. The van der Waals surface area contributed by atoms with Gasteiger partial charge in [0.1, 0.15) is 30.2 Å². The summed E-state index contributed by atoms with van der Waals surface area (Å²) in [4.78, 5) is 12.0. The number of fused-ring (bicyclic) bond motifs is 1. The SMILES string of the molecule is O[C@@H]1[C@H](O)[C@@H](CCl)O[C@H]1n1cnc2cncnc21. The molecule has 0 spiro atoms. The maximum Gasteiger partial charge on any atom is 0.165 e. The van der Waals surface area contributed by atoms with Gasteiger partial charge in [-0.1, -0.05) is 0 Å². The highest BCUT2D eigenvalue weighted by molar-refractivity contribution is 6.18. The summed E-state index contributed by atoms with van der Waals surface area (Å²) in [5.41, 5.74) is 1.13. The third-order valence-electron chi connectivity index (χ3n) is 3.00. The van der Waals surface area contributed by atoms with Gasteiger partial charge in [-0.05, 0) is 0 Å². The highest BCUT2D eigenvalue weighted by atomic mass is 35.5. The molecule has 1 fully saturated rings. The van der Waals surface area contributed by atoms with Crippen LogP contribution in [0.1, 0.15) is 6.23 Å². The van der Waals surface area contributed by atoms with E-state index in [-0.39, 0.29) is 5.88 Å². The highest BCUT2D eigenvalue weighted by Gasteiger charge is 2.43. The number of rotatable bonds is 2. The summed E-state index contributed by atoms with van der Waals surface area (Å²) in [5.74, 6) is 0.107. The predicted molar refractivity (Wildman–Crippen MR) is 62.0 cm³/mol. The van der Waals surface area contributed by atoms with Crippen molar-refractivity contribution in [2.45, 2.75) is 24.5 Å². The Balaban J connectivity index is 2.00. The number of hydrogen-bond donors (Lipinski definition) is 2. The van der Waals surface area contributed by atoms with Crippen LogP contribution >= 0.6 is 11.6 Å². The first-order valence-electron chi connectivity index (χ1n) is 5.42. The van der Waals surface area contributed by atoms with E-state index in [4.69, 9.17) is 16.3 Å². The van der Waals surface area contributed by atoms with Crippen molar-refractivity contribution in [3.8, 4) is 0 Å². The van der Waals surface area contributed by atoms with Crippen molar-refractivity contribution >= 4 is 22.8 Å². The van der Waals surface area contributed by atoms with Gasteiger partial charge in [0.25, 0.3) is 0 Å². The number of aromatic nitrogens is 4. The summed E-state index contributed by atoms with van der Waals surface area (Å²) in [6.45, 7) is 0. The van der Waals surface area contributed by atoms with Crippen LogP contribution < -0.4 is 0 Å². The molecule has 2 N–H and O–H groups in total. The second-order valence-electron chi connectivity index (χ2n) is 4.08. The van der Waals surface area contributed by atoms with Crippen LogP contribution in [0.5, 0.6) is 0 Å². The van der Waals surface area contributed by atoms with Crippen molar-refractivity contribution in [3.05, 3.63) is 18.9 Å². The van der Waals surface area contributed by atoms with Crippen LogP contribution in [-0.2, 0) is 4.74 Å². The lowest BCUT2D eigenvalue weighted by Gasteiger charge is -2.16. The maximum absolute atomic E-state index is 9.96. The number of aliphatic hydroxyl groups excluding tert-OH is 2. The summed E-state index contributed by atoms with van der Waals surface area (Å²) in [7, 11) is 0. The number of ether oxygens (including phenoxy) is 1. The molecule has 2 aromatic rings. The van der Waals surface area contributed by atoms with Gasteiger partial charge >= 0.3 is 0 Å². The Hall–Kier alpha value is -1.28. The molecule has 1 aliphatic heterocycles. The van der Waals surface area contributed by atoms with Crippen LogP contribution in [0, 0.1) is 0 Å². The van der Waals surface area contributed by atoms with Crippen LogP contribution in [0.15, 0.2) is 18.9 Å². The molecule has 0 amide bonds. The van der Waals surface area contributed by atoms with E-state index in [1.54, 1.807) is 10.8 Å². The van der Waals surface area contributed by atoms with Crippen molar-refractivity contribution in [1.29, 1.82) is 0 Å². The zero-order chi connectivity index (χ0) is 12.7. The first-order chi connectivity index (χ1) is 8.72. The van der Waals surface area contributed by atoms with Crippen molar-refractivity contribution in [2.75, 3.05) is 5.88 Å². The summed E-state index contributed by atoms with van der Waals surface area (Å²) in [5, 5.41) is 19.7. The normalized spacial score (nSPS) is 32.2. The molecule has 0 radical (unpaired) electrons. The zero-order valence-corrected chi connectivity index (χ0v) is 9.97. The molecule has 7 nitrogen and oxygen atoms in total. The third kappa shape index (κ3) is 1.67. The van der Waals surface area contributed by atoms with Gasteiger partial charge in [-0.25, -0.2) is 15.0 Å². The van der Waals surface area contributed by atoms with Crippen LogP contribution in [0.25, 0.3) is 11.2 Å². The van der Waals surface area contributed by atoms with Crippen LogP contribution in [0.3, 0.4) is 0 Å². The molecule has 0 bridgehead atoms. The quantitative estimate of drug-likeness (QED) is 0.727. The van der Waals surface area contributed by atoms with Crippen molar-refractivity contribution in [2.24, 2.45) is 0 Å². The Morgan fingerprint density at radius 2 is 2.17 bits per heavy atom. The summed E-state index contributed by atoms with van der Waals surface area (Å²) < 4.78 is 7.09. The van der Waals surface area contributed by atoms with Gasteiger partial charge < -0.3 is 14.9 Å². The van der Waals surface area contributed by atoms with E-state index in [0.717, 1.165) is 0 Å². The smallest absolute Gasteiger partial charge is 0.165 e. The number of nitrogens with zero attached hydrogens (tertiary/aromatic N) is 4. The van der Waals surface area contributed by atoms with E-state index >= 15 is 0 Å². The van der Waals surface area contributed by atoms with E-state index in [9.17, 15) is 10.2 Å². The Labute approximate surface area is 107 Å². The largest absolute Gasteiger partial charge is 0.387 e. The Kier molecular flexibility index (Phi) is 2.90. The van der Waals surface area contributed by atoms with E-state index in [0.29, 0.717) is 11.2 Å². The number of imidazole rings is 1. The standard InChI is InChI=1S/C10H11ClN4O3/c11-1-6-7(16)8(17)10(18-6)15-4-14-5-2-12-3-13-9(5)15/h2-4,6-8,10,16-17H,1H2/t6-,7-,8-,10-/m1/s1. The molecule has 0 aliphatic carbocycles. The number of halogens is 1. The minimum atomic E-state index is -1.07. The van der Waals surface area contributed by atoms with Crippen LogP contribution in [0.4, 0.5) is 0 Å². The first-order valence-corrected chi connectivity index (χ1v) is 5.96.